The van der Waals surface area contributed by atoms with Crippen molar-refractivity contribution in [1.29, 1.82) is 0 Å². The number of hydrogen-bond acceptors (Lipinski definition) is 4. The number of nitrogen functional groups attached to an aromatic ring is 1. The zero-order valence-electron chi connectivity index (χ0n) is 10.7. The van der Waals surface area contributed by atoms with Gasteiger partial charge in [-0.3, -0.25) is 4.79 Å². The van der Waals surface area contributed by atoms with Gasteiger partial charge < -0.3 is 10.8 Å². The van der Waals surface area contributed by atoms with E-state index in [1.165, 1.54) is 0 Å². The lowest BCUT2D eigenvalue weighted by molar-refractivity contribution is -0.137. The quantitative estimate of drug-likeness (QED) is 0.650. The summed E-state index contributed by atoms with van der Waals surface area (Å²) in [5.74, 6) is -1.20. The second kappa shape index (κ2) is 6.53. The van der Waals surface area contributed by atoms with Gasteiger partial charge in [0.05, 0.1) is 5.75 Å². The van der Waals surface area contributed by atoms with Crippen LogP contribution >= 0.6 is 0 Å². The van der Waals surface area contributed by atoms with Crippen LogP contribution in [0.3, 0.4) is 0 Å². The molecule has 0 bridgehead atoms. The molecular formula is C12H18N2O4S. The van der Waals surface area contributed by atoms with Crippen LogP contribution < -0.4 is 10.5 Å². The predicted octanol–water partition coefficient (Wildman–Crippen LogP) is 1.11. The minimum Gasteiger partial charge on any atom is -0.481 e. The molecule has 1 aromatic rings. The van der Waals surface area contributed by atoms with Crippen molar-refractivity contribution in [1.82, 2.24) is 4.72 Å². The van der Waals surface area contributed by atoms with Gasteiger partial charge in [0.2, 0.25) is 10.0 Å². The van der Waals surface area contributed by atoms with Crippen LogP contribution in [0.2, 0.25) is 0 Å². The van der Waals surface area contributed by atoms with Gasteiger partial charge in [-0.05, 0) is 31.0 Å². The molecule has 4 N–H and O–H groups in total. The van der Waals surface area contributed by atoms with E-state index in [1.54, 1.807) is 31.2 Å². The lowest BCUT2D eigenvalue weighted by Gasteiger charge is -2.14. The van der Waals surface area contributed by atoms with Gasteiger partial charge >= 0.3 is 5.97 Å². The minimum atomic E-state index is -3.49. The van der Waals surface area contributed by atoms with Crippen LogP contribution in [-0.4, -0.2) is 25.2 Å². The summed E-state index contributed by atoms with van der Waals surface area (Å²) >= 11 is 0. The number of sulfonamides is 1. The third kappa shape index (κ3) is 5.71. The molecule has 1 unspecified atom stereocenters. The van der Waals surface area contributed by atoms with Crippen molar-refractivity contribution < 1.29 is 18.3 Å². The molecule has 0 heterocycles. The molecule has 0 aliphatic carbocycles. The third-order valence-electron chi connectivity index (χ3n) is 2.57. The molecule has 1 aromatic carbocycles. The molecule has 0 aliphatic heterocycles. The summed E-state index contributed by atoms with van der Waals surface area (Å²) < 4.78 is 26.0. The fraction of sp³-hybridized carbons (Fsp3) is 0.417. The van der Waals surface area contributed by atoms with Gasteiger partial charge in [-0.1, -0.05) is 12.1 Å². The van der Waals surface area contributed by atoms with Gasteiger partial charge in [0, 0.05) is 18.2 Å². The molecule has 1 rings (SSSR count). The highest BCUT2D eigenvalue weighted by atomic mass is 32.2. The van der Waals surface area contributed by atoms with Crippen LogP contribution in [0.15, 0.2) is 24.3 Å². The second-order valence-corrected chi connectivity index (χ2v) is 6.20. The standard InChI is InChI=1S/C12H18N2O4S/c1-9(10-4-2-5-11(13)8-10)14-19(17,18)7-3-6-12(15)16/h2,4-5,8-9,14H,3,6-7,13H2,1H3,(H,15,16). The summed E-state index contributed by atoms with van der Waals surface area (Å²) in [6.45, 7) is 1.71. The molecule has 0 aliphatic rings. The van der Waals surface area contributed by atoms with Gasteiger partial charge in [0.1, 0.15) is 0 Å². The number of rotatable bonds is 7. The van der Waals surface area contributed by atoms with Crippen LogP contribution in [0.1, 0.15) is 31.4 Å². The average Bonchev–Trinajstić information content (AvgIpc) is 2.27. The number of hydrogen-bond donors (Lipinski definition) is 3. The molecule has 6 nitrogen and oxygen atoms in total. The fourth-order valence-electron chi connectivity index (χ4n) is 1.64. The summed E-state index contributed by atoms with van der Waals surface area (Å²) in [6, 6.07) is 6.54. The minimum absolute atomic E-state index is 0.0916. The molecule has 0 amide bonds. The molecule has 7 heteroatoms. The zero-order chi connectivity index (χ0) is 14.5. The first kappa shape index (κ1) is 15.5. The van der Waals surface area contributed by atoms with E-state index < -0.39 is 22.0 Å². The summed E-state index contributed by atoms with van der Waals surface area (Å²) in [5.41, 5.74) is 6.96. The highest BCUT2D eigenvalue weighted by molar-refractivity contribution is 7.89. The summed E-state index contributed by atoms with van der Waals surface area (Å²) in [5, 5.41) is 8.47. The summed E-state index contributed by atoms with van der Waals surface area (Å²) in [7, 11) is -3.49. The summed E-state index contributed by atoms with van der Waals surface area (Å²) in [6.07, 6.45) is -0.0676. The molecule has 0 fully saturated rings. The van der Waals surface area contributed by atoms with E-state index in [1.807, 2.05) is 0 Å². The maximum atomic E-state index is 11.7. The lowest BCUT2D eigenvalue weighted by atomic mass is 10.1. The summed E-state index contributed by atoms with van der Waals surface area (Å²) in [4.78, 5) is 10.3. The van der Waals surface area contributed by atoms with Crippen molar-refractivity contribution >= 4 is 21.7 Å². The average molecular weight is 286 g/mol. The third-order valence-corrected chi connectivity index (χ3v) is 4.11. The number of nitrogens with two attached hydrogens (primary N) is 1. The monoisotopic (exact) mass is 286 g/mol. The normalized spacial score (nSPS) is 13.1. The van der Waals surface area contributed by atoms with Gasteiger partial charge in [0.15, 0.2) is 0 Å². The molecule has 19 heavy (non-hydrogen) atoms. The molecule has 0 saturated carbocycles. The zero-order valence-corrected chi connectivity index (χ0v) is 11.5. The number of anilines is 1. The van der Waals surface area contributed by atoms with Crippen LogP contribution in [0.4, 0.5) is 5.69 Å². The maximum absolute atomic E-state index is 11.7. The lowest BCUT2D eigenvalue weighted by Crippen LogP contribution is -2.29. The van der Waals surface area contributed by atoms with Gasteiger partial charge in [0.25, 0.3) is 0 Å². The largest absolute Gasteiger partial charge is 0.481 e. The molecule has 0 aromatic heterocycles. The SMILES string of the molecule is CC(NS(=O)(=O)CCCC(=O)O)c1cccc(N)c1. The molecule has 1 atom stereocenters. The smallest absolute Gasteiger partial charge is 0.303 e. The van der Waals surface area contributed by atoms with Crippen molar-refractivity contribution in [3.63, 3.8) is 0 Å². The Labute approximate surface area is 112 Å². The number of carbonyl (C=O) groups is 1. The molecule has 0 radical (unpaired) electrons. The second-order valence-electron chi connectivity index (χ2n) is 4.33. The Balaban J connectivity index is 2.60. The topological polar surface area (TPSA) is 109 Å². The van der Waals surface area contributed by atoms with Gasteiger partial charge in [-0.25, -0.2) is 13.1 Å². The Morgan fingerprint density at radius 3 is 2.74 bits per heavy atom. The van der Waals surface area contributed by atoms with E-state index >= 15 is 0 Å². The number of carboxylic acid groups (broad SMARTS) is 1. The molecule has 106 valence electrons. The molecule has 0 spiro atoms. The Morgan fingerprint density at radius 1 is 1.47 bits per heavy atom. The van der Waals surface area contributed by atoms with Crippen molar-refractivity contribution in [3.8, 4) is 0 Å². The number of aliphatic carboxylic acids is 1. The number of carboxylic acids is 1. The van der Waals surface area contributed by atoms with Crippen LogP contribution in [0.5, 0.6) is 0 Å². The Bertz CT molecular complexity index is 542. The van der Waals surface area contributed by atoms with Crippen molar-refractivity contribution in [2.45, 2.75) is 25.8 Å². The fourth-order valence-corrected chi connectivity index (χ4v) is 2.96. The van der Waals surface area contributed by atoms with E-state index in [4.69, 9.17) is 10.8 Å². The first-order valence-electron chi connectivity index (χ1n) is 5.87. The van der Waals surface area contributed by atoms with E-state index in [2.05, 4.69) is 4.72 Å². The number of nitrogens with one attached hydrogen (secondary N) is 1. The Morgan fingerprint density at radius 2 is 2.16 bits per heavy atom. The van der Waals surface area contributed by atoms with Crippen LogP contribution in [-0.2, 0) is 14.8 Å². The first-order chi connectivity index (χ1) is 8.80. The van der Waals surface area contributed by atoms with Crippen molar-refractivity contribution in [3.05, 3.63) is 29.8 Å². The van der Waals surface area contributed by atoms with E-state index in [0.717, 1.165) is 5.56 Å². The van der Waals surface area contributed by atoms with Crippen LogP contribution in [0, 0.1) is 0 Å². The van der Waals surface area contributed by atoms with Crippen molar-refractivity contribution in [2.24, 2.45) is 0 Å². The van der Waals surface area contributed by atoms with E-state index in [0.29, 0.717) is 5.69 Å². The Hall–Kier alpha value is -1.60. The van der Waals surface area contributed by atoms with Gasteiger partial charge in [-0.15, -0.1) is 0 Å². The molecule has 0 saturated heterocycles. The van der Waals surface area contributed by atoms with Crippen LogP contribution in [0.25, 0.3) is 0 Å². The van der Waals surface area contributed by atoms with Gasteiger partial charge in [-0.2, -0.15) is 0 Å². The Kier molecular flexibility index (Phi) is 5.31. The predicted molar refractivity (Wildman–Crippen MR) is 73.1 cm³/mol. The molecular weight excluding hydrogens is 268 g/mol. The first-order valence-corrected chi connectivity index (χ1v) is 7.52. The number of benzene rings is 1. The maximum Gasteiger partial charge on any atom is 0.303 e. The highest BCUT2D eigenvalue weighted by Crippen LogP contribution is 2.16. The van der Waals surface area contributed by atoms with E-state index in [9.17, 15) is 13.2 Å². The van der Waals surface area contributed by atoms with E-state index in [-0.39, 0.29) is 18.6 Å². The highest BCUT2D eigenvalue weighted by Gasteiger charge is 2.16. The van der Waals surface area contributed by atoms with Crippen molar-refractivity contribution in [2.75, 3.05) is 11.5 Å².